The molecule has 186 valence electrons. The van der Waals surface area contributed by atoms with Crippen LogP contribution in [0.2, 0.25) is 0 Å². The van der Waals surface area contributed by atoms with E-state index in [-0.39, 0.29) is 30.1 Å². The van der Waals surface area contributed by atoms with E-state index < -0.39 is 0 Å². The maximum Gasteiger partial charge on any atom is 0.193 e. The molecule has 0 radical (unpaired) electrons. The second kappa shape index (κ2) is 13.7. The maximum atomic E-state index is 6.15. The molecule has 1 aromatic rings. The lowest BCUT2D eigenvalue weighted by molar-refractivity contribution is -0.0721. The van der Waals surface area contributed by atoms with Crippen molar-refractivity contribution in [1.29, 1.82) is 0 Å². The van der Waals surface area contributed by atoms with Gasteiger partial charge in [0.15, 0.2) is 5.96 Å². The molecular formula is C24H40IN5O3. The Morgan fingerprint density at radius 3 is 2.67 bits per heavy atom. The van der Waals surface area contributed by atoms with Crippen molar-refractivity contribution in [3.8, 4) is 0 Å². The van der Waals surface area contributed by atoms with Crippen molar-refractivity contribution < 1.29 is 14.2 Å². The minimum absolute atomic E-state index is 0. The molecule has 2 atom stereocenters. The van der Waals surface area contributed by atoms with Crippen LogP contribution >= 0.6 is 24.0 Å². The Hall–Kier alpha value is -1.17. The molecule has 1 aromatic heterocycles. The van der Waals surface area contributed by atoms with Gasteiger partial charge in [0, 0.05) is 52.6 Å². The number of ether oxygens (including phenoxy) is 3. The molecule has 0 saturated carbocycles. The highest BCUT2D eigenvalue weighted by Gasteiger charge is 2.24. The Bertz CT molecular complexity index is 721. The molecule has 0 bridgehead atoms. The van der Waals surface area contributed by atoms with Crippen LogP contribution in [-0.4, -0.2) is 87.2 Å². The number of aromatic nitrogens is 1. The zero-order valence-electron chi connectivity index (χ0n) is 20.1. The highest BCUT2D eigenvalue weighted by Crippen LogP contribution is 2.18. The van der Waals surface area contributed by atoms with Gasteiger partial charge in [0.1, 0.15) is 5.82 Å². The average molecular weight is 574 g/mol. The summed E-state index contributed by atoms with van der Waals surface area (Å²) in [7, 11) is 1.85. The Kier molecular flexibility index (Phi) is 10.9. The van der Waals surface area contributed by atoms with Gasteiger partial charge in [-0.2, -0.15) is 0 Å². The summed E-state index contributed by atoms with van der Waals surface area (Å²) in [6.45, 7) is 8.93. The second-order valence-corrected chi connectivity index (χ2v) is 9.06. The lowest BCUT2D eigenvalue weighted by atomic mass is 10.1. The van der Waals surface area contributed by atoms with Gasteiger partial charge < -0.3 is 29.3 Å². The Balaban J connectivity index is 0.00000306. The summed E-state index contributed by atoms with van der Waals surface area (Å²) >= 11 is 0. The second-order valence-electron chi connectivity index (χ2n) is 9.06. The summed E-state index contributed by atoms with van der Waals surface area (Å²) in [5.41, 5.74) is 1.15. The summed E-state index contributed by atoms with van der Waals surface area (Å²) in [5, 5.41) is 3.50. The summed E-state index contributed by atoms with van der Waals surface area (Å²) < 4.78 is 17.6. The lowest BCUT2D eigenvalue weighted by Gasteiger charge is -2.35. The first-order chi connectivity index (χ1) is 15.7. The fourth-order valence-electron chi connectivity index (χ4n) is 4.66. The van der Waals surface area contributed by atoms with Crippen molar-refractivity contribution in [2.24, 2.45) is 4.99 Å². The number of guanidine groups is 1. The van der Waals surface area contributed by atoms with Crippen LogP contribution in [0.4, 0.5) is 5.82 Å². The van der Waals surface area contributed by atoms with E-state index in [9.17, 15) is 0 Å². The molecule has 0 amide bonds. The molecule has 4 rings (SSSR count). The normalized spacial score (nSPS) is 25.0. The largest absolute Gasteiger partial charge is 0.376 e. The molecule has 9 heteroatoms. The van der Waals surface area contributed by atoms with E-state index >= 15 is 0 Å². The summed E-state index contributed by atoms with van der Waals surface area (Å²) in [6, 6.07) is 4.26. The molecule has 3 saturated heterocycles. The zero-order chi connectivity index (χ0) is 22.2. The van der Waals surface area contributed by atoms with Gasteiger partial charge in [0.2, 0.25) is 0 Å². The lowest BCUT2D eigenvalue weighted by Crippen LogP contribution is -2.47. The molecule has 0 aliphatic carbocycles. The molecule has 33 heavy (non-hydrogen) atoms. The predicted molar refractivity (Wildman–Crippen MR) is 142 cm³/mol. The molecule has 4 heterocycles. The summed E-state index contributed by atoms with van der Waals surface area (Å²) in [5.74, 6) is 1.97. The maximum absolute atomic E-state index is 6.15. The first kappa shape index (κ1) is 26.4. The number of pyridine rings is 1. The Labute approximate surface area is 215 Å². The highest BCUT2D eigenvalue weighted by molar-refractivity contribution is 14.0. The number of hydrogen-bond donors (Lipinski definition) is 1. The Morgan fingerprint density at radius 2 is 2.00 bits per heavy atom. The van der Waals surface area contributed by atoms with Gasteiger partial charge in [-0.15, -0.1) is 24.0 Å². The topological polar surface area (TPSA) is 71.5 Å². The number of halogens is 1. The molecule has 0 spiro atoms. The van der Waals surface area contributed by atoms with Crippen LogP contribution in [0.5, 0.6) is 0 Å². The van der Waals surface area contributed by atoms with Crippen molar-refractivity contribution in [3.63, 3.8) is 0 Å². The van der Waals surface area contributed by atoms with Gasteiger partial charge in [-0.1, -0.05) is 6.07 Å². The van der Waals surface area contributed by atoms with Crippen LogP contribution in [0.15, 0.2) is 23.3 Å². The van der Waals surface area contributed by atoms with E-state index in [2.05, 4.69) is 44.1 Å². The third kappa shape index (κ3) is 7.93. The number of piperidine rings is 1. The van der Waals surface area contributed by atoms with Gasteiger partial charge in [-0.05, 0) is 50.7 Å². The number of nitrogens with zero attached hydrogens (tertiary/aromatic N) is 4. The number of anilines is 1. The third-order valence-corrected chi connectivity index (χ3v) is 6.57. The van der Waals surface area contributed by atoms with Gasteiger partial charge in [0.25, 0.3) is 0 Å². The first-order valence-corrected chi connectivity index (χ1v) is 12.2. The monoisotopic (exact) mass is 573 g/mol. The predicted octanol–water partition coefficient (Wildman–Crippen LogP) is 3.05. The summed E-state index contributed by atoms with van der Waals surface area (Å²) in [4.78, 5) is 13.8. The van der Waals surface area contributed by atoms with Gasteiger partial charge in [0.05, 0.1) is 31.5 Å². The van der Waals surface area contributed by atoms with E-state index in [1.165, 1.54) is 12.8 Å². The van der Waals surface area contributed by atoms with Crippen LogP contribution < -0.4 is 10.2 Å². The molecule has 8 nitrogen and oxygen atoms in total. The average Bonchev–Trinajstić information content (AvgIpc) is 2.85. The fraction of sp³-hybridized carbons (Fsp3) is 0.750. The number of aliphatic imine (C=N–C) groups is 1. The van der Waals surface area contributed by atoms with Crippen LogP contribution in [0, 0.1) is 0 Å². The number of hydrogen-bond acceptors (Lipinski definition) is 6. The molecule has 3 aliphatic rings. The fourth-order valence-corrected chi connectivity index (χ4v) is 4.66. The van der Waals surface area contributed by atoms with Crippen molar-refractivity contribution >= 4 is 35.8 Å². The van der Waals surface area contributed by atoms with Crippen LogP contribution in [0.3, 0.4) is 0 Å². The van der Waals surface area contributed by atoms with Gasteiger partial charge >= 0.3 is 0 Å². The summed E-state index contributed by atoms with van der Waals surface area (Å²) in [6.07, 6.45) is 8.49. The molecular weight excluding hydrogens is 533 g/mol. The quantitative estimate of drug-likeness (QED) is 0.319. The Morgan fingerprint density at radius 1 is 1.15 bits per heavy atom. The van der Waals surface area contributed by atoms with E-state index in [0.29, 0.717) is 12.2 Å². The molecule has 3 fully saturated rings. The minimum atomic E-state index is 0. The van der Waals surface area contributed by atoms with Crippen LogP contribution in [0.1, 0.15) is 44.6 Å². The zero-order valence-corrected chi connectivity index (χ0v) is 22.4. The number of nitrogens with one attached hydrogen (secondary N) is 1. The minimum Gasteiger partial charge on any atom is -0.376 e. The first-order valence-electron chi connectivity index (χ1n) is 12.2. The van der Waals surface area contributed by atoms with Crippen molar-refractivity contribution in [3.05, 3.63) is 23.9 Å². The van der Waals surface area contributed by atoms with E-state index in [4.69, 9.17) is 14.2 Å². The van der Waals surface area contributed by atoms with E-state index in [1.54, 1.807) is 0 Å². The smallest absolute Gasteiger partial charge is 0.193 e. The van der Waals surface area contributed by atoms with Gasteiger partial charge in [-0.3, -0.25) is 4.99 Å². The third-order valence-electron chi connectivity index (χ3n) is 6.57. The number of morpholine rings is 1. The molecule has 1 N–H and O–H groups in total. The van der Waals surface area contributed by atoms with Crippen molar-refractivity contribution in [2.45, 2.75) is 63.9 Å². The van der Waals surface area contributed by atoms with Crippen molar-refractivity contribution in [2.75, 3.05) is 57.9 Å². The van der Waals surface area contributed by atoms with Crippen molar-refractivity contribution in [1.82, 2.24) is 15.2 Å². The SMILES string of the molecule is CN=C(NCc1ccc(N2CCOC(C)C2)nc1)N1CCC(OCC2CCCCO2)CC1.I. The van der Waals surface area contributed by atoms with E-state index in [1.807, 2.05) is 13.2 Å². The van der Waals surface area contributed by atoms with Gasteiger partial charge in [-0.25, -0.2) is 4.98 Å². The van der Waals surface area contributed by atoms with E-state index in [0.717, 1.165) is 89.1 Å². The van der Waals surface area contributed by atoms with Crippen LogP contribution in [-0.2, 0) is 20.8 Å². The molecule has 2 unspecified atom stereocenters. The standard InChI is InChI=1S/C24H39N5O3.HI/c1-19-17-29(12-14-30-19)23-7-6-20(15-26-23)16-27-24(25-2)28-10-8-21(9-11-28)32-18-22-5-3-4-13-31-22;/h6-7,15,19,21-22H,3-5,8-14,16-18H2,1-2H3,(H,25,27);1H. The van der Waals surface area contributed by atoms with Crippen LogP contribution in [0.25, 0.3) is 0 Å². The molecule has 0 aromatic carbocycles. The molecule has 3 aliphatic heterocycles. The number of likely N-dealkylation sites (tertiary alicyclic amines) is 1. The number of rotatable bonds is 6. The highest BCUT2D eigenvalue weighted by atomic mass is 127.